The van der Waals surface area contributed by atoms with Crippen LogP contribution < -0.4 is 5.32 Å². The largest absolute Gasteiger partial charge is 0.392 e. The Kier molecular flexibility index (Phi) is 3.96. The topological polar surface area (TPSA) is 50.1 Å². The molecule has 2 N–H and O–H groups in total. The van der Waals surface area contributed by atoms with E-state index in [0.717, 1.165) is 31.5 Å². The van der Waals surface area contributed by atoms with Crippen LogP contribution in [-0.2, 0) is 13.5 Å². The monoisotopic (exact) mass is 223 g/mol. The van der Waals surface area contributed by atoms with Crippen LogP contribution in [0.15, 0.2) is 12.3 Å². The highest BCUT2D eigenvalue weighted by molar-refractivity contribution is 4.99. The van der Waals surface area contributed by atoms with Gasteiger partial charge in [0.15, 0.2) is 0 Å². The van der Waals surface area contributed by atoms with Gasteiger partial charge in [0, 0.05) is 32.3 Å². The molecule has 0 bridgehead atoms. The highest BCUT2D eigenvalue weighted by Crippen LogP contribution is 2.18. The molecule has 1 aliphatic rings. The predicted octanol–water partition coefficient (Wildman–Crippen LogP) is 0.856. The van der Waals surface area contributed by atoms with Gasteiger partial charge in [0.25, 0.3) is 0 Å². The number of hydrogen-bond donors (Lipinski definition) is 2. The van der Waals surface area contributed by atoms with Crippen LogP contribution in [0.2, 0.25) is 0 Å². The second-order valence-corrected chi connectivity index (χ2v) is 4.64. The van der Waals surface area contributed by atoms with Crippen molar-refractivity contribution < 1.29 is 5.11 Å². The fraction of sp³-hybridized carbons (Fsp3) is 0.750. The molecule has 1 saturated carbocycles. The van der Waals surface area contributed by atoms with Crippen molar-refractivity contribution in [1.82, 2.24) is 15.1 Å². The van der Waals surface area contributed by atoms with Gasteiger partial charge in [0.2, 0.25) is 0 Å². The van der Waals surface area contributed by atoms with Crippen molar-refractivity contribution in [1.29, 1.82) is 0 Å². The summed E-state index contributed by atoms with van der Waals surface area (Å²) in [6, 6.07) is 2.33. The van der Waals surface area contributed by atoms with Gasteiger partial charge in [-0.3, -0.25) is 4.68 Å². The van der Waals surface area contributed by atoms with E-state index in [2.05, 4.69) is 10.4 Å². The van der Waals surface area contributed by atoms with Crippen LogP contribution >= 0.6 is 0 Å². The number of nitrogens with zero attached hydrogens (tertiary/aromatic N) is 2. The molecule has 1 fully saturated rings. The molecule has 0 radical (unpaired) electrons. The van der Waals surface area contributed by atoms with Crippen molar-refractivity contribution in [3.63, 3.8) is 0 Å². The number of hydrogen-bond acceptors (Lipinski definition) is 3. The van der Waals surface area contributed by atoms with Crippen molar-refractivity contribution in [2.75, 3.05) is 6.54 Å². The summed E-state index contributed by atoms with van der Waals surface area (Å²) in [4.78, 5) is 0. The van der Waals surface area contributed by atoms with Gasteiger partial charge in [-0.1, -0.05) is 12.8 Å². The van der Waals surface area contributed by atoms with Gasteiger partial charge in [-0.25, -0.2) is 0 Å². The lowest BCUT2D eigenvalue weighted by Gasteiger charge is -2.28. The molecule has 2 rings (SSSR count). The minimum Gasteiger partial charge on any atom is -0.392 e. The third-order valence-corrected chi connectivity index (χ3v) is 3.29. The van der Waals surface area contributed by atoms with Crippen LogP contribution in [0.4, 0.5) is 0 Å². The zero-order chi connectivity index (χ0) is 11.4. The zero-order valence-corrected chi connectivity index (χ0v) is 9.89. The molecule has 1 heterocycles. The summed E-state index contributed by atoms with van der Waals surface area (Å²) in [6.45, 7) is 0.902. The third-order valence-electron chi connectivity index (χ3n) is 3.29. The molecule has 1 aromatic heterocycles. The molecular weight excluding hydrogens is 202 g/mol. The SMILES string of the molecule is Cn1ccc(CCNC2CCCCC2O)n1. The summed E-state index contributed by atoms with van der Waals surface area (Å²) in [5.74, 6) is 0. The van der Waals surface area contributed by atoms with E-state index in [4.69, 9.17) is 0 Å². The first-order valence-electron chi connectivity index (χ1n) is 6.15. The first kappa shape index (κ1) is 11.6. The van der Waals surface area contributed by atoms with Gasteiger partial charge in [0.1, 0.15) is 0 Å². The molecule has 4 nitrogen and oxygen atoms in total. The minimum atomic E-state index is -0.155. The molecule has 0 amide bonds. The minimum absolute atomic E-state index is 0.155. The van der Waals surface area contributed by atoms with E-state index in [-0.39, 0.29) is 12.1 Å². The van der Waals surface area contributed by atoms with Crippen molar-refractivity contribution in [3.05, 3.63) is 18.0 Å². The Hall–Kier alpha value is -0.870. The summed E-state index contributed by atoms with van der Waals surface area (Å²) in [5, 5.41) is 17.5. The molecule has 16 heavy (non-hydrogen) atoms. The van der Waals surface area contributed by atoms with Gasteiger partial charge >= 0.3 is 0 Å². The lowest BCUT2D eigenvalue weighted by molar-refractivity contribution is 0.0913. The van der Waals surface area contributed by atoms with Crippen LogP contribution in [0.1, 0.15) is 31.4 Å². The first-order chi connectivity index (χ1) is 7.75. The van der Waals surface area contributed by atoms with Gasteiger partial charge < -0.3 is 10.4 Å². The standard InChI is InChI=1S/C12H21N3O/c1-15-9-7-10(14-15)6-8-13-11-4-2-3-5-12(11)16/h7,9,11-13,16H,2-6,8H2,1H3. The van der Waals surface area contributed by atoms with Gasteiger partial charge in [0.05, 0.1) is 11.8 Å². The maximum atomic E-state index is 9.79. The van der Waals surface area contributed by atoms with Crippen LogP contribution in [0.25, 0.3) is 0 Å². The highest BCUT2D eigenvalue weighted by atomic mass is 16.3. The fourth-order valence-corrected chi connectivity index (χ4v) is 2.33. The number of aromatic nitrogens is 2. The third kappa shape index (κ3) is 3.06. The highest BCUT2D eigenvalue weighted by Gasteiger charge is 2.21. The molecule has 2 atom stereocenters. The Bertz CT molecular complexity index is 324. The molecule has 0 saturated heterocycles. The normalized spacial score (nSPS) is 25.9. The summed E-state index contributed by atoms with van der Waals surface area (Å²) in [7, 11) is 1.93. The van der Waals surface area contributed by atoms with Gasteiger partial charge in [-0.05, 0) is 18.9 Å². The van der Waals surface area contributed by atoms with E-state index >= 15 is 0 Å². The van der Waals surface area contributed by atoms with Crippen molar-refractivity contribution in [3.8, 4) is 0 Å². The fourth-order valence-electron chi connectivity index (χ4n) is 2.33. The number of aliphatic hydroxyl groups excluding tert-OH is 1. The van der Waals surface area contributed by atoms with E-state index < -0.39 is 0 Å². The zero-order valence-electron chi connectivity index (χ0n) is 9.89. The maximum Gasteiger partial charge on any atom is 0.0693 e. The van der Waals surface area contributed by atoms with Crippen molar-refractivity contribution in [2.45, 2.75) is 44.2 Å². The number of aryl methyl sites for hydroxylation is 1. The van der Waals surface area contributed by atoms with Crippen molar-refractivity contribution in [2.24, 2.45) is 7.05 Å². The molecule has 0 aromatic carbocycles. The first-order valence-corrected chi connectivity index (χ1v) is 6.15. The quantitative estimate of drug-likeness (QED) is 0.796. The Morgan fingerprint density at radius 2 is 2.31 bits per heavy atom. The molecule has 1 aromatic rings. The van der Waals surface area contributed by atoms with Crippen molar-refractivity contribution >= 4 is 0 Å². The molecular formula is C12H21N3O. The Morgan fingerprint density at radius 3 is 3.00 bits per heavy atom. The average molecular weight is 223 g/mol. The second-order valence-electron chi connectivity index (χ2n) is 4.64. The summed E-state index contributed by atoms with van der Waals surface area (Å²) >= 11 is 0. The lowest BCUT2D eigenvalue weighted by Crippen LogP contribution is -2.42. The average Bonchev–Trinajstić information content (AvgIpc) is 2.67. The Morgan fingerprint density at radius 1 is 1.50 bits per heavy atom. The predicted molar refractivity (Wildman–Crippen MR) is 63.2 cm³/mol. The van der Waals surface area contributed by atoms with E-state index in [0.29, 0.717) is 0 Å². The molecule has 2 unspecified atom stereocenters. The van der Waals surface area contributed by atoms with E-state index in [1.807, 2.05) is 24.0 Å². The van der Waals surface area contributed by atoms with Crippen LogP contribution in [0.3, 0.4) is 0 Å². The van der Waals surface area contributed by atoms with E-state index in [9.17, 15) is 5.11 Å². The number of rotatable bonds is 4. The van der Waals surface area contributed by atoms with Crippen LogP contribution in [-0.4, -0.2) is 33.6 Å². The van der Waals surface area contributed by atoms with E-state index in [1.54, 1.807) is 0 Å². The van der Waals surface area contributed by atoms with Gasteiger partial charge in [-0.2, -0.15) is 5.10 Å². The van der Waals surface area contributed by atoms with E-state index in [1.165, 1.54) is 12.8 Å². The molecule has 90 valence electrons. The number of aliphatic hydroxyl groups is 1. The summed E-state index contributed by atoms with van der Waals surface area (Å²) in [5.41, 5.74) is 1.11. The molecule has 0 spiro atoms. The smallest absolute Gasteiger partial charge is 0.0693 e. The number of nitrogens with one attached hydrogen (secondary N) is 1. The second kappa shape index (κ2) is 5.46. The molecule has 4 heteroatoms. The molecule has 1 aliphatic carbocycles. The summed E-state index contributed by atoms with van der Waals surface area (Å²) < 4.78 is 1.82. The Labute approximate surface area is 96.7 Å². The van der Waals surface area contributed by atoms with Crippen LogP contribution in [0, 0.1) is 0 Å². The van der Waals surface area contributed by atoms with Gasteiger partial charge in [-0.15, -0.1) is 0 Å². The summed E-state index contributed by atoms with van der Waals surface area (Å²) in [6.07, 6.45) is 7.19. The Balaban J connectivity index is 1.71. The maximum absolute atomic E-state index is 9.79. The van der Waals surface area contributed by atoms with Crippen LogP contribution in [0.5, 0.6) is 0 Å². The lowest BCUT2D eigenvalue weighted by atomic mass is 9.92. The molecule has 0 aliphatic heterocycles.